The number of hydrogen-bond donors (Lipinski definition) is 0. The molecule has 8 atom stereocenters. The second kappa shape index (κ2) is 8.89. The van der Waals surface area contributed by atoms with Crippen molar-refractivity contribution in [1.82, 2.24) is 0 Å². The summed E-state index contributed by atoms with van der Waals surface area (Å²) in [6.07, 6.45) is -0.607. The van der Waals surface area contributed by atoms with Crippen molar-refractivity contribution in [2.75, 3.05) is 27.4 Å². The fourth-order valence-electron chi connectivity index (χ4n) is 3.05. The van der Waals surface area contributed by atoms with E-state index in [0.717, 1.165) is 6.42 Å². The zero-order chi connectivity index (χ0) is 17.9. The van der Waals surface area contributed by atoms with E-state index in [1.165, 1.54) is 0 Å². The summed E-state index contributed by atoms with van der Waals surface area (Å²) in [7, 11) is 9.03. The highest BCUT2D eigenvalue weighted by Gasteiger charge is 2.41. The van der Waals surface area contributed by atoms with E-state index in [2.05, 4.69) is 0 Å². The lowest BCUT2D eigenvalue weighted by atomic mass is 9.86. The summed E-state index contributed by atoms with van der Waals surface area (Å²) in [6.45, 7) is 0.399. The molecule has 0 spiro atoms. The first kappa shape index (κ1) is 20.7. The fourth-order valence-corrected chi connectivity index (χ4v) is 4.55. The van der Waals surface area contributed by atoms with Gasteiger partial charge in [0.1, 0.15) is 26.8 Å². The first-order valence-electron chi connectivity index (χ1n) is 7.99. The molecule has 0 saturated carbocycles. The molecule has 138 valence electrons. The quantitative estimate of drug-likeness (QED) is 0.442. The molecule has 24 heavy (non-hydrogen) atoms. The molecule has 2 aliphatic rings. The van der Waals surface area contributed by atoms with Gasteiger partial charge >= 0.3 is 0 Å². The third kappa shape index (κ3) is 5.22. The molecule has 2 heterocycles. The number of ether oxygens (including phenoxy) is 4. The van der Waals surface area contributed by atoms with Crippen LogP contribution in [0.15, 0.2) is 0 Å². The molecular formula is C14H25BO7PS-. The molecule has 0 bridgehead atoms. The Morgan fingerprint density at radius 2 is 1.92 bits per heavy atom. The molecule has 2 rings (SSSR count). The lowest BCUT2D eigenvalue weighted by Crippen LogP contribution is -2.34. The van der Waals surface area contributed by atoms with E-state index in [1.54, 1.807) is 14.2 Å². The average molecular weight is 379 g/mol. The minimum Gasteiger partial charge on any atom is -0.780 e. The van der Waals surface area contributed by atoms with Crippen LogP contribution in [0.5, 0.6) is 0 Å². The molecule has 2 aliphatic heterocycles. The van der Waals surface area contributed by atoms with Gasteiger partial charge in [0.15, 0.2) is 0 Å². The minimum absolute atomic E-state index is 0.0482. The monoisotopic (exact) mass is 379 g/mol. The van der Waals surface area contributed by atoms with Crippen LogP contribution in [0.25, 0.3) is 0 Å². The van der Waals surface area contributed by atoms with Gasteiger partial charge in [0.05, 0.1) is 31.5 Å². The van der Waals surface area contributed by atoms with Gasteiger partial charge in [-0.25, -0.2) is 0 Å². The second-order valence-electron chi connectivity index (χ2n) is 6.26. The molecule has 7 nitrogen and oxygen atoms in total. The van der Waals surface area contributed by atoms with Gasteiger partial charge in [-0.3, -0.25) is 0 Å². The Balaban J connectivity index is 1.91. The molecule has 0 aromatic heterocycles. The van der Waals surface area contributed by atoms with Gasteiger partial charge in [-0.1, -0.05) is 18.7 Å². The minimum atomic E-state index is -3.72. The zero-order valence-electron chi connectivity index (χ0n) is 14.5. The maximum atomic E-state index is 12.5. The zero-order valence-corrected chi connectivity index (χ0v) is 16.2. The number of methoxy groups -OCH3 is 2. The number of hydrogen-bond acceptors (Lipinski definition) is 8. The molecule has 2 radical (unpaired) electrons. The number of rotatable bonds is 8. The van der Waals surface area contributed by atoms with Crippen molar-refractivity contribution in [3.05, 3.63) is 0 Å². The summed E-state index contributed by atoms with van der Waals surface area (Å²) in [5.74, 6) is -0.181. The Morgan fingerprint density at radius 1 is 1.21 bits per heavy atom. The van der Waals surface area contributed by atoms with Gasteiger partial charge in [-0.2, -0.15) is 0 Å². The molecular weight excluding hydrogens is 354 g/mol. The van der Waals surface area contributed by atoms with E-state index in [-0.39, 0.29) is 37.4 Å². The van der Waals surface area contributed by atoms with Crippen molar-refractivity contribution in [3.63, 3.8) is 0 Å². The summed E-state index contributed by atoms with van der Waals surface area (Å²) in [5.41, 5.74) is 0. The van der Waals surface area contributed by atoms with E-state index in [1.807, 2.05) is 13.8 Å². The largest absolute Gasteiger partial charge is 0.780 e. The summed E-state index contributed by atoms with van der Waals surface area (Å²) in [5, 5.41) is 0. The Kier molecular flexibility index (Phi) is 7.68. The van der Waals surface area contributed by atoms with E-state index in [0.29, 0.717) is 0 Å². The van der Waals surface area contributed by atoms with Gasteiger partial charge in [0, 0.05) is 32.6 Å². The van der Waals surface area contributed by atoms with E-state index < -0.39 is 24.9 Å². The van der Waals surface area contributed by atoms with Gasteiger partial charge in [-0.15, -0.1) is 0 Å². The second-order valence-corrected chi connectivity index (χ2v) is 8.97. The Labute approximate surface area is 149 Å². The van der Waals surface area contributed by atoms with Crippen molar-refractivity contribution < 1.29 is 32.9 Å². The SMILES string of the molecule is [B][C@@H]1O[C@H](COC)[C@H](OP([O-])(=S)OC[C@H]2O[C@@H](C)C[C@H]2OC)C1C. The standard InChI is InChI=1S/C14H26BO7PS/c1-8-5-10(18-4)11(20-8)7-19-23(16,24)22-13-9(2)14(15)21-12(13)6-17-3/h8-14H,5-7H2,1-4H3,(H,16,24)/p-1/t8-,9?,10+,11+,12+,13+,14+,23?/m0/s1. The van der Waals surface area contributed by atoms with Crippen molar-refractivity contribution in [1.29, 1.82) is 0 Å². The molecule has 10 heteroatoms. The summed E-state index contributed by atoms with van der Waals surface area (Å²) in [6, 6.07) is -0.526. The lowest BCUT2D eigenvalue weighted by molar-refractivity contribution is -0.216. The van der Waals surface area contributed by atoms with Crippen molar-refractivity contribution in [2.45, 2.75) is 56.8 Å². The molecule has 0 aromatic rings. The van der Waals surface area contributed by atoms with Gasteiger partial charge < -0.3 is 32.9 Å². The van der Waals surface area contributed by atoms with Crippen LogP contribution in [0.4, 0.5) is 0 Å². The van der Waals surface area contributed by atoms with Gasteiger partial charge in [-0.05, 0) is 6.92 Å². The van der Waals surface area contributed by atoms with Gasteiger partial charge in [0.2, 0.25) is 0 Å². The molecule has 0 N–H and O–H groups in total. The van der Waals surface area contributed by atoms with Crippen LogP contribution in [-0.2, 0) is 39.8 Å². The third-order valence-corrected chi connectivity index (χ3v) is 5.94. The highest BCUT2D eigenvalue weighted by molar-refractivity contribution is 8.06. The van der Waals surface area contributed by atoms with E-state index in [4.69, 9.17) is 47.6 Å². The van der Waals surface area contributed by atoms with Crippen molar-refractivity contribution in [3.8, 4) is 0 Å². The van der Waals surface area contributed by atoms with Crippen molar-refractivity contribution >= 4 is 26.4 Å². The third-order valence-electron chi connectivity index (χ3n) is 4.40. The van der Waals surface area contributed by atoms with Crippen LogP contribution in [0.3, 0.4) is 0 Å². The molecule has 0 amide bonds. The Bertz CT molecular complexity index is 457. The molecule has 0 aliphatic carbocycles. The first-order chi connectivity index (χ1) is 11.3. The topological polar surface area (TPSA) is 78.4 Å². The van der Waals surface area contributed by atoms with Crippen LogP contribution < -0.4 is 4.89 Å². The van der Waals surface area contributed by atoms with E-state index in [9.17, 15) is 4.89 Å². The Morgan fingerprint density at radius 3 is 2.54 bits per heavy atom. The van der Waals surface area contributed by atoms with Crippen LogP contribution >= 0.6 is 6.72 Å². The summed E-state index contributed by atoms with van der Waals surface area (Å²) >= 11 is 5.03. The lowest BCUT2D eigenvalue weighted by Gasteiger charge is -2.34. The predicted octanol–water partition coefficient (Wildman–Crippen LogP) is 0.341. The molecule has 2 unspecified atom stereocenters. The van der Waals surface area contributed by atoms with Crippen LogP contribution in [0, 0.1) is 5.92 Å². The summed E-state index contributed by atoms with van der Waals surface area (Å²) in [4.78, 5) is 12.5. The van der Waals surface area contributed by atoms with Crippen LogP contribution in [-0.4, -0.2) is 71.8 Å². The molecule has 2 saturated heterocycles. The first-order valence-corrected chi connectivity index (χ1v) is 10.5. The molecule has 2 fully saturated rings. The Hall–Kier alpha value is 0.435. The summed E-state index contributed by atoms with van der Waals surface area (Å²) < 4.78 is 32.6. The van der Waals surface area contributed by atoms with Crippen molar-refractivity contribution in [2.24, 2.45) is 5.92 Å². The maximum absolute atomic E-state index is 12.5. The van der Waals surface area contributed by atoms with E-state index >= 15 is 0 Å². The maximum Gasteiger partial charge on any atom is 0.116 e. The highest BCUT2D eigenvalue weighted by atomic mass is 32.5. The van der Waals surface area contributed by atoms with Crippen LogP contribution in [0.1, 0.15) is 20.3 Å². The van der Waals surface area contributed by atoms with Gasteiger partial charge in [0.25, 0.3) is 0 Å². The normalized spacial score (nSPS) is 42.3. The fraction of sp³-hybridized carbons (Fsp3) is 1.00. The predicted molar refractivity (Wildman–Crippen MR) is 90.3 cm³/mol. The highest BCUT2D eigenvalue weighted by Crippen LogP contribution is 2.45. The smallest absolute Gasteiger partial charge is 0.116 e. The molecule has 0 aromatic carbocycles. The van der Waals surface area contributed by atoms with Crippen LogP contribution in [0.2, 0.25) is 0 Å². The average Bonchev–Trinajstić information content (AvgIpc) is 3.00.